The average molecular weight is 331 g/mol. The summed E-state index contributed by atoms with van der Waals surface area (Å²) in [6.07, 6.45) is 0.0434. The highest BCUT2D eigenvalue weighted by Gasteiger charge is 2.26. The van der Waals surface area contributed by atoms with Gasteiger partial charge in [0.05, 0.1) is 25.7 Å². The van der Waals surface area contributed by atoms with Gasteiger partial charge in [0.2, 0.25) is 5.91 Å². The summed E-state index contributed by atoms with van der Waals surface area (Å²) in [4.78, 5) is 13.9. The fourth-order valence-corrected chi connectivity index (χ4v) is 2.53. The summed E-state index contributed by atoms with van der Waals surface area (Å²) in [6.45, 7) is 1.81. The lowest BCUT2D eigenvalue weighted by atomic mass is 10.1. The van der Waals surface area contributed by atoms with Gasteiger partial charge in [-0.15, -0.1) is 0 Å². The minimum absolute atomic E-state index is 0.0434. The molecule has 104 valence electrons. The minimum Gasteiger partial charge on any atom is -0.377 e. The maximum absolute atomic E-state index is 13.6. The number of hydrogen-bond donors (Lipinski definition) is 1. The Bertz CT molecular complexity index is 470. The van der Waals surface area contributed by atoms with Crippen molar-refractivity contribution in [1.29, 1.82) is 0 Å². The monoisotopic (exact) mass is 330 g/mol. The van der Waals surface area contributed by atoms with Crippen LogP contribution in [0.15, 0.2) is 22.7 Å². The number of amides is 1. The Balaban J connectivity index is 2.09. The summed E-state index contributed by atoms with van der Waals surface area (Å²) in [7, 11) is 0. The lowest BCUT2D eigenvalue weighted by Gasteiger charge is -2.35. The number of morpholine rings is 1. The number of hydrogen-bond acceptors (Lipinski definition) is 3. The van der Waals surface area contributed by atoms with Crippen molar-refractivity contribution >= 4 is 21.8 Å². The molecule has 0 radical (unpaired) electrons. The number of rotatable bonds is 3. The van der Waals surface area contributed by atoms with Crippen molar-refractivity contribution in [2.75, 3.05) is 26.3 Å². The molecule has 1 saturated heterocycles. The first-order valence-corrected chi connectivity index (χ1v) is 6.92. The molecule has 1 atom stereocenters. The molecule has 1 amide bonds. The van der Waals surface area contributed by atoms with Gasteiger partial charge in [0.25, 0.3) is 0 Å². The molecule has 2 N–H and O–H groups in total. The molecule has 4 nitrogen and oxygen atoms in total. The number of halogens is 2. The second kappa shape index (κ2) is 6.45. The van der Waals surface area contributed by atoms with Gasteiger partial charge in [-0.25, -0.2) is 4.39 Å². The van der Waals surface area contributed by atoms with E-state index in [1.165, 1.54) is 6.07 Å². The van der Waals surface area contributed by atoms with Crippen molar-refractivity contribution in [2.45, 2.75) is 12.5 Å². The van der Waals surface area contributed by atoms with E-state index in [2.05, 4.69) is 15.9 Å². The fraction of sp³-hybridized carbons (Fsp3) is 0.462. The molecule has 1 heterocycles. The number of carbonyl (C=O) groups excluding carboxylic acids is 1. The van der Waals surface area contributed by atoms with Crippen LogP contribution in [-0.4, -0.2) is 43.2 Å². The molecule has 1 aromatic carbocycles. The highest BCUT2D eigenvalue weighted by atomic mass is 79.9. The second-order valence-electron chi connectivity index (χ2n) is 4.46. The lowest BCUT2D eigenvalue weighted by Crippen LogP contribution is -2.52. The first kappa shape index (κ1) is 14.4. The van der Waals surface area contributed by atoms with Crippen molar-refractivity contribution in [3.05, 3.63) is 34.1 Å². The van der Waals surface area contributed by atoms with Crippen LogP contribution in [0.5, 0.6) is 0 Å². The summed E-state index contributed by atoms with van der Waals surface area (Å²) in [5, 5.41) is 0. The Kier molecular flexibility index (Phi) is 4.90. The molecular formula is C13H16BrFN2O2. The van der Waals surface area contributed by atoms with Gasteiger partial charge >= 0.3 is 0 Å². The molecule has 2 rings (SSSR count). The third-order valence-corrected chi connectivity index (χ3v) is 3.66. The molecule has 1 unspecified atom stereocenters. The molecule has 0 aromatic heterocycles. The minimum atomic E-state index is -0.367. The van der Waals surface area contributed by atoms with Crippen molar-refractivity contribution in [2.24, 2.45) is 5.73 Å². The van der Waals surface area contributed by atoms with E-state index in [0.29, 0.717) is 31.9 Å². The average Bonchev–Trinajstić information content (AvgIpc) is 2.42. The summed E-state index contributed by atoms with van der Waals surface area (Å²) in [6, 6.07) is 4.48. The van der Waals surface area contributed by atoms with Crippen LogP contribution >= 0.6 is 15.9 Å². The zero-order valence-electron chi connectivity index (χ0n) is 10.4. The van der Waals surface area contributed by atoms with E-state index in [9.17, 15) is 9.18 Å². The van der Waals surface area contributed by atoms with Gasteiger partial charge in [0.15, 0.2) is 0 Å². The predicted molar refractivity (Wildman–Crippen MR) is 73.2 cm³/mol. The molecule has 6 heteroatoms. The topological polar surface area (TPSA) is 55.6 Å². The lowest BCUT2D eigenvalue weighted by molar-refractivity contribution is -0.138. The summed E-state index contributed by atoms with van der Waals surface area (Å²) in [5.41, 5.74) is 6.01. The van der Waals surface area contributed by atoms with E-state index in [4.69, 9.17) is 10.5 Å². The van der Waals surface area contributed by atoms with E-state index in [1.807, 2.05) is 0 Å². The van der Waals surface area contributed by atoms with Crippen molar-refractivity contribution in [3.8, 4) is 0 Å². The van der Waals surface area contributed by atoms with Crippen LogP contribution in [0.1, 0.15) is 5.56 Å². The van der Waals surface area contributed by atoms with E-state index in [1.54, 1.807) is 17.0 Å². The van der Waals surface area contributed by atoms with Crippen molar-refractivity contribution < 1.29 is 13.9 Å². The highest BCUT2D eigenvalue weighted by Crippen LogP contribution is 2.17. The normalized spacial score (nSPS) is 19.5. The van der Waals surface area contributed by atoms with Crippen LogP contribution < -0.4 is 5.73 Å². The predicted octanol–water partition coefficient (Wildman–Crippen LogP) is 1.32. The van der Waals surface area contributed by atoms with E-state index >= 15 is 0 Å². The van der Waals surface area contributed by atoms with Crippen molar-refractivity contribution in [1.82, 2.24) is 4.90 Å². The van der Waals surface area contributed by atoms with E-state index < -0.39 is 0 Å². The van der Waals surface area contributed by atoms with Gasteiger partial charge in [0.1, 0.15) is 5.82 Å². The zero-order chi connectivity index (χ0) is 13.8. The van der Waals surface area contributed by atoms with Gasteiger partial charge in [-0.3, -0.25) is 4.79 Å². The molecule has 0 saturated carbocycles. The molecule has 1 fully saturated rings. The quantitative estimate of drug-likeness (QED) is 0.909. The fourth-order valence-electron chi connectivity index (χ4n) is 2.12. The highest BCUT2D eigenvalue weighted by molar-refractivity contribution is 9.10. The van der Waals surface area contributed by atoms with E-state index in [0.717, 1.165) is 4.47 Å². The molecule has 0 aliphatic carbocycles. The van der Waals surface area contributed by atoms with Crippen molar-refractivity contribution in [3.63, 3.8) is 0 Å². The summed E-state index contributed by atoms with van der Waals surface area (Å²) < 4.78 is 19.7. The molecule has 1 aromatic rings. The van der Waals surface area contributed by atoms with Gasteiger partial charge in [0, 0.05) is 17.6 Å². The SMILES string of the molecule is NCC1COCCN1C(=O)Cc1cc(Br)ccc1F. The smallest absolute Gasteiger partial charge is 0.227 e. The van der Waals surface area contributed by atoms with Crippen LogP contribution in [0, 0.1) is 5.82 Å². The molecule has 0 bridgehead atoms. The van der Waals surface area contributed by atoms with Crippen LogP contribution in [0.2, 0.25) is 0 Å². The zero-order valence-corrected chi connectivity index (χ0v) is 12.0. The maximum Gasteiger partial charge on any atom is 0.227 e. The van der Waals surface area contributed by atoms with Crippen LogP contribution in [-0.2, 0) is 16.0 Å². The number of carbonyl (C=O) groups is 1. The Hall–Kier alpha value is -0.980. The van der Waals surface area contributed by atoms with Gasteiger partial charge in [-0.1, -0.05) is 15.9 Å². The first-order chi connectivity index (χ1) is 9.11. The number of ether oxygens (including phenoxy) is 1. The third kappa shape index (κ3) is 3.52. The molecule has 19 heavy (non-hydrogen) atoms. The Morgan fingerprint density at radius 2 is 2.37 bits per heavy atom. The Morgan fingerprint density at radius 1 is 1.58 bits per heavy atom. The second-order valence-corrected chi connectivity index (χ2v) is 5.38. The van der Waals surface area contributed by atoms with Gasteiger partial charge < -0.3 is 15.4 Å². The number of nitrogens with two attached hydrogens (primary N) is 1. The number of benzene rings is 1. The maximum atomic E-state index is 13.6. The molecular weight excluding hydrogens is 315 g/mol. The largest absolute Gasteiger partial charge is 0.377 e. The summed E-state index contributed by atoms with van der Waals surface area (Å²) >= 11 is 3.28. The Morgan fingerprint density at radius 3 is 3.11 bits per heavy atom. The van der Waals surface area contributed by atoms with Gasteiger partial charge in [-0.2, -0.15) is 0 Å². The standard InChI is InChI=1S/C13H16BrFN2O2/c14-10-1-2-12(15)9(5-10)6-13(18)17-3-4-19-8-11(17)7-16/h1-2,5,11H,3-4,6-8,16H2. The summed E-state index contributed by atoms with van der Waals surface area (Å²) in [5.74, 6) is -0.482. The van der Waals surface area contributed by atoms with Crippen LogP contribution in [0.3, 0.4) is 0 Å². The molecule has 1 aliphatic rings. The van der Waals surface area contributed by atoms with E-state index in [-0.39, 0.29) is 24.2 Å². The molecule has 0 spiro atoms. The van der Waals surface area contributed by atoms with Gasteiger partial charge in [-0.05, 0) is 23.8 Å². The Labute approximate surface area is 119 Å². The molecule has 1 aliphatic heterocycles. The van der Waals surface area contributed by atoms with Crippen LogP contribution in [0.25, 0.3) is 0 Å². The third-order valence-electron chi connectivity index (χ3n) is 3.17. The number of nitrogens with zero attached hydrogens (tertiary/aromatic N) is 1. The van der Waals surface area contributed by atoms with Crippen LogP contribution in [0.4, 0.5) is 4.39 Å². The first-order valence-electron chi connectivity index (χ1n) is 6.13.